The first kappa shape index (κ1) is 24.5. The zero-order valence-corrected chi connectivity index (χ0v) is 26.0. The minimum Gasteiger partial charge on any atom is -0.0887 e. The summed E-state index contributed by atoms with van der Waals surface area (Å²) in [4.78, 5) is 1.64. The predicted molar refractivity (Wildman–Crippen MR) is 152 cm³/mol. The zero-order chi connectivity index (χ0) is 23.1. The number of rotatable bonds is 2. The van der Waals surface area contributed by atoms with Crippen LogP contribution >= 0.6 is 31.9 Å². The van der Waals surface area contributed by atoms with Crippen molar-refractivity contribution in [3.63, 3.8) is 0 Å². The molecule has 0 aliphatic heterocycles. The van der Waals surface area contributed by atoms with Crippen molar-refractivity contribution >= 4 is 39.9 Å². The molecule has 0 amide bonds. The maximum atomic E-state index is 4.29. The second-order valence-electron chi connectivity index (χ2n) is 14.7. The van der Waals surface area contributed by atoms with Gasteiger partial charge in [0.05, 0.1) is 8.07 Å². The fraction of sp³-hybridized carbons (Fsp3) is 1.00. The Balaban J connectivity index is 1.28. The zero-order valence-electron chi connectivity index (χ0n) is 21.8. The Bertz CT molecular complexity index is 664. The second-order valence-corrected chi connectivity index (χ2v) is 22.0. The van der Waals surface area contributed by atoms with Crippen LogP contribution in [-0.4, -0.2) is 17.7 Å². The molecule has 6 aliphatic rings. The van der Waals surface area contributed by atoms with E-state index in [2.05, 4.69) is 58.8 Å². The molecule has 0 radical (unpaired) electrons. The number of alkyl halides is 2. The number of fused-ring (bicyclic) bond motifs is 6. The van der Waals surface area contributed by atoms with Crippen LogP contribution in [0.2, 0.25) is 24.2 Å². The molecule has 0 N–H and O–H groups in total. The van der Waals surface area contributed by atoms with Gasteiger partial charge in [-0.15, -0.1) is 0 Å². The van der Waals surface area contributed by atoms with Gasteiger partial charge in [0.25, 0.3) is 0 Å². The molecule has 33 heavy (non-hydrogen) atoms. The third-order valence-electron chi connectivity index (χ3n) is 13.0. The van der Waals surface area contributed by atoms with Gasteiger partial charge in [0.2, 0.25) is 0 Å². The SMILES string of the molecule is CC1CC2C3CCCCC3C(Br)CC2C1[Si](C)(C)C1C(C)CC2C3CCCCC3C(Br)CC21. The van der Waals surface area contributed by atoms with Crippen LogP contribution in [0.3, 0.4) is 0 Å². The Morgan fingerprint density at radius 1 is 0.485 bits per heavy atom. The van der Waals surface area contributed by atoms with Gasteiger partial charge in [0.1, 0.15) is 0 Å². The lowest BCUT2D eigenvalue weighted by Gasteiger charge is -2.53. The van der Waals surface area contributed by atoms with Crippen LogP contribution in [0.1, 0.15) is 90.9 Å². The summed E-state index contributed by atoms with van der Waals surface area (Å²) in [5.74, 6) is 10.3. The highest BCUT2D eigenvalue weighted by molar-refractivity contribution is 9.09. The molecule has 0 bridgehead atoms. The van der Waals surface area contributed by atoms with Crippen molar-refractivity contribution in [1.82, 2.24) is 0 Å². The van der Waals surface area contributed by atoms with Crippen molar-refractivity contribution in [2.75, 3.05) is 0 Å². The van der Waals surface area contributed by atoms with Crippen molar-refractivity contribution in [1.29, 1.82) is 0 Å². The number of halogens is 2. The Labute approximate surface area is 222 Å². The van der Waals surface area contributed by atoms with E-state index in [4.69, 9.17) is 0 Å². The molecular formula is C30H50Br2Si. The lowest BCUT2D eigenvalue weighted by molar-refractivity contribution is 0.0765. The second kappa shape index (κ2) is 9.18. The van der Waals surface area contributed by atoms with Gasteiger partial charge >= 0.3 is 0 Å². The standard InChI is InChI=1S/C30H50Br2Si/c1-17-13-23-19-9-5-7-11-21(19)27(31)15-25(23)29(17)33(3,4)30-18(2)14-24-20-10-6-8-12-22(20)28(32)16-26(24)30/h17-30H,5-16H2,1-4H3. The Kier molecular flexibility index (Phi) is 6.82. The van der Waals surface area contributed by atoms with Gasteiger partial charge in [-0.05, 0) is 122 Å². The van der Waals surface area contributed by atoms with Crippen LogP contribution in [-0.2, 0) is 0 Å². The molecule has 14 atom stereocenters. The van der Waals surface area contributed by atoms with Gasteiger partial charge < -0.3 is 0 Å². The summed E-state index contributed by atoms with van der Waals surface area (Å²) >= 11 is 8.57. The van der Waals surface area contributed by atoms with E-state index in [0.717, 1.165) is 79.9 Å². The van der Waals surface area contributed by atoms with E-state index in [1.807, 2.05) is 0 Å². The Morgan fingerprint density at radius 2 is 0.848 bits per heavy atom. The van der Waals surface area contributed by atoms with Gasteiger partial charge in [-0.25, -0.2) is 0 Å². The quantitative estimate of drug-likeness (QED) is 0.219. The summed E-state index contributed by atoms with van der Waals surface area (Å²) in [6, 6.07) is 0. The summed E-state index contributed by atoms with van der Waals surface area (Å²) in [6.45, 7) is 11.2. The molecule has 6 rings (SSSR count). The predicted octanol–water partition coefficient (Wildman–Crippen LogP) is 9.93. The molecule has 188 valence electrons. The van der Waals surface area contributed by atoms with Crippen LogP contribution in [0.25, 0.3) is 0 Å². The summed E-state index contributed by atoms with van der Waals surface area (Å²) < 4.78 is 0. The van der Waals surface area contributed by atoms with Crippen LogP contribution < -0.4 is 0 Å². The van der Waals surface area contributed by atoms with Gasteiger partial charge in [0.15, 0.2) is 0 Å². The molecule has 0 aromatic heterocycles. The average molecular weight is 599 g/mol. The van der Waals surface area contributed by atoms with E-state index in [1.54, 1.807) is 25.7 Å². The van der Waals surface area contributed by atoms with Gasteiger partial charge in [-0.1, -0.05) is 84.5 Å². The average Bonchev–Trinajstić information content (AvgIpc) is 3.31. The molecule has 6 aliphatic carbocycles. The molecule has 6 saturated carbocycles. The van der Waals surface area contributed by atoms with E-state index in [0.29, 0.717) is 0 Å². The van der Waals surface area contributed by atoms with E-state index in [-0.39, 0.29) is 0 Å². The summed E-state index contributed by atoms with van der Waals surface area (Å²) in [5, 5.41) is 0. The Hall–Kier alpha value is 1.18. The lowest BCUT2D eigenvalue weighted by atomic mass is 9.62. The van der Waals surface area contributed by atoms with Crippen molar-refractivity contribution in [2.45, 2.75) is 125 Å². The topological polar surface area (TPSA) is 0 Å². The van der Waals surface area contributed by atoms with Crippen LogP contribution in [0.4, 0.5) is 0 Å². The highest BCUT2D eigenvalue weighted by atomic mass is 79.9. The lowest BCUT2D eigenvalue weighted by Crippen LogP contribution is -2.50. The van der Waals surface area contributed by atoms with Crippen molar-refractivity contribution in [3.05, 3.63) is 0 Å². The van der Waals surface area contributed by atoms with E-state index < -0.39 is 8.07 Å². The van der Waals surface area contributed by atoms with Crippen molar-refractivity contribution < 1.29 is 0 Å². The smallest absolute Gasteiger partial charge is 0.0546 e. The largest absolute Gasteiger partial charge is 0.0887 e. The minimum atomic E-state index is -1.39. The van der Waals surface area contributed by atoms with E-state index >= 15 is 0 Å². The van der Waals surface area contributed by atoms with E-state index in [1.165, 1.54) is 51.4 Å². The molecule has 3 heteroatoms. The van der Waals surface area contributed by atoms with Gasteiger partial charge in [0, 0.05) is 9.65 Å². The third kappa shape index (κ3) is 3.88. The monoisotopic (exact) mass is 596 g/mol. The number of hydrogen-bond donors (Lipinski definition) is 0. The fourth-order valence-corrected chi connectivity index (χ4v) is 21.3. The molecule has 0 saturated heterocycles. The third-order valence-corrected chi connectivity index (χ3v) is 20.6. The normalized spacial score (nSPS) is 56.5. The van der Waals surface area contributed by atoms with Gasteiger partial charge in [-0.2, -0.15) is 0 Å². The minimum absolute atomic E-state index is 0.819. The van der Waals surface area contributed by atoms with Crippen LogP contribution in [0.5, 0.6) is 0 Å². The Morgan fingerprint density at radius 3 is 1.24 bits per heavy atom. The van der Waals surface area contributed by atoms with Crippen LogP contribution in [0.15, 0.2) is 0 Å². The highest BCUT2D eigenvalue weighted by Gasteiger charge is 2.62. The van der Waals surface area contributed by atoms with E-state index in [9.17, 15) is 0 Å². The molecule has 0 heterocycles. The van der Waals surface area contributed by atoms with Gasteiger partial charge in [-0.3, -0.25) is 0 Å². The molecule has 0 aromatic carbocycles. The summed E-state index contributed by atoms with van der Waals surface area (Å²) in [5.41, 5.74) is 2.16. The summed E-state index contributed by atoms with van der Waals surface area (Å²) in [6.07, 6.45) is 18.3. The number of hydrogen-bond acceptors (Lipinski definition) is 0. The maximum absolute atomic E-state index is 4.29. The van der Waals surface area contributed by atoms with Crippen molar-refractivity contribution in [2.24, 2.45) is 59.2 Å². The maximum Gasteiger partial charge on any atom is 0.0546 e. The first-order valence-corrected chi connectivity index (χ1v) is 20.1. The van der Waals surface area contributed by atoms with Crippen LogP contribution in [0, 0.1) is 59.2 Å². The summed E-state index contributed by atoms with van der Waals surface area (Å²) in [7, 11) is -1.39. The molecule has 0 nitrogen and oxygen atoms in total. The molecule has 0 aromatic rings. The molecule has 6 fully saturated rings. The molecule has 14 unspecified atom stereocenters. The molecule has 0 spiro atoms. The fourth-order valence-electron chi connectivity index (χ4n) is 12.5. The van der Waals surface area contributed by atoms with Crippen molar-refractivity contribution in [3.8, 4) is 0 Å². The first-order valence-electron chi connectivity index (χ1n) is 15.1. The molecular weight excluding hydrogens is 548 g/mol. The highest BCUT2D eigenvalue weighted by Crippen LogP contribution is 2.68. The first-order chi connectivity index (χ1) is 15.8.